The summed E-state index contributed by atoms with van der Waals surface area (Å²) in [6.45, 7) is 20.3. The summed E-state index contributed by atoms with van der Waals surface area (Å²) in [7, 11) is 2.27. The third kappa shape index (κ3) is 2.05. The van der Waals surface area contributed by atoms with Crippen LogP contribution in [0.4, 0.5) is 5.69 Å². The van der Waals surface area contributed by atoms with E-state index in [-0.39, 0.29) is 21.7 Å². The molecule has 0 saturated carbocycles. The van der Waals surface area contributed by atoms with Crippen molar-refractivity contribution in [2.45, 2.75) is 60.8 Å². The quantitative estimate of drug-likeness (QED) is 0.508. The van der Waals surface area contributed by atoms with E-state index in [0.29, 0.717) is 0 Å². The van der Waals surface area contributed by atoms with Crippen molar-refractivity contribution < 1.29 is 0 Å². The third-order valence-electron chi connectivity index (χ3n) is 9.42. The van der Waals surface area contributed by atoms with Crippen molar-refractivity contribution in [2.24, 2.45) is 16.2 Å². The molecule has 0 bridgehead atoms. The van der Waals surface area contributed by atoms with Gasteiger partial charge in [0.1, 0.15) is 0 Å². The Kier molecular flexibility index (Phi) is 3.63. The largest absolute Gasteiger partial charge is 0.358 e. The average Bonchev–Trinajstić information content (AvgIpc) is 3.18. The summed E-state index contributed by atoms with van der Waals surface area (Å²) in [6, 6.07) is 16.1. The Morgan fingerprint density at radius 2 is 1.30 bits per heavy atom. The lowest BCUT2D eigenvalue weighted by Gasteiger charge is -2.49. The predicted molar refractivity (Wildman–Crippen MR) is 127 cm³/mol. The molecule has 1 heterocycles. The Morgan fingerprint density at radius 1 is 0.700 bits per heavy atom. The first kappa shape index (κ1) is 19.7. The predicted octanol–water partition coefficient (Wildman–Crippen LogP) is 7.01. The van der Waals surface area contributed by atoms with Gasteiger partial charge in [0.25, 0.3) is 0 Å². The summed E-state index contributed by atoms with van der Waals surface area (Å²) in [6.07, 6.45) is 0. The number of anilines is 1. The van der Waals surface area contributed by atoms with E-state index in [9.17, 15) is 0 Å². The van der Waals surface area contributed by atoms with Gasteiger partial charge in [-0.3, -0.25) is 0 Å². The molecule has 3 aliphatic rings. The minimum atomic E-state index is 0.0362. The number of hydrogen-bond acceptors (Lipinski definition) is 2. The van der Waals surface area contributed by atoms with Crippen LogP contribution in [-0.2, 0) is 5.41 Å². The Morgan fingerprint density at radius 3 is 2.00 bits per heavy atom. The van der Waals surface area contributed by atoms with Crippen molar-refractivity contribution in [3.8, 4) is 11.1 Å². The molecule has 2 heteroatoms. The van der Waals surface area contributed by atoms with E-state index >= 15 is 0 Å². The van der Waals surface area contributed by atoms with E-state index in [4.69, 9.17) is 0 Å². The Labute approximate surface area is 182 Å². The van der Waals surface area contributed by atoms with Crippen molar-refractivity contribution in [1.29, 1.82) is 0 Å². The molecule has 0 N–H and O–H groups in total. The Hall–Kier alpha value is -2.22. The lowest BCUT2D eigenvalue weighted by atomic mass is 9.59. The van der Waals surface area contributed by atoms with Crippen LogP contribution in [-0.4, -0.2) is 18.6 Å². The first-order valence-electron chi connectivity index (χ1n) is 11.3. The third-order valence-corrected chi connectivity index (χ3v) is 9.42. The number of allylic oxidation sites excluding steroid dienone is 2. The summed E-state index contributed by atoms with van der Waals surface area (Å²) < 4.78 is 0. The maximum absolute atomic E-state index is 2.59. The van der Waals surface area contributed by atoms with Gasteiger partial charge in [0, 0.05) is 40.4 Å². The molecule has 30 heavy (non-hydrogen) atoms. The lowest BCUT2D eigenvalue weighted by Crippen LogP contribution is -2.46. The van der Waals surface area contributed by atoms with Gasteiger partial charge in [-0.15, -0.1) is 0 Å². The zero-order valence-electron chi connectivity index (χ0n) is 20.1. The molecule has 5 rings (SSSR count). The van der Waals surface area contributed by atoms with Crippen LogP contribution >= 0.6 is 0 Å². The van der Waals surface area contributed by atoms with Crippen LogP contribution in [0.25, 0.3) is 11.1 Å². The molecule has 2 nitrogen and oxygen atoms in total. The standard InChI is InChI=1S/C28H36N2/c1-25(2)21-13-11-10-12-19(21)20-15-14-18(16-22(20)25)30-17-29(9)23-24(30)27(5,6)28(7,8)26(23,3)4/h10-16H,17H2,1-9H3. The molecule has 158 valence electrons. The number of fused-ring (bicyclic) bond motifs is 3. The van der Waals surface area contributed by atoms with E-state index in [1.807, 2.05) is 0 Å². The molecule has 2 aliphatic carbocycles. The summed E-state index contributed by atoms with van der Waals surface area (Å²) in [4.78, 5) is 5.07. The SMILES string of the molecule is CN1CN(c2ccc3c(c2)C(C)(C)c2ccccc2-3)C2=C1C(C)(C)C(C)(C)C2(C)C. The molecule has 0 saturated heterocycles. The summed E-state index contributed by atoms with van der Waals surface area (Å²) in [5.41, 5.74) is 10.5. The minimum Gasteiger partial charge on any atom is -0.358 e. The normalized spacial score (nSPS) is 24.2. The molecule has 0 spiro atoms. The highest BCUT2D eigenvalue weighted by atomic mass is 15.4. The van der Waals surface area contributed by atoms with E-state index in [2.05, 4.69) is 115 Å². The van der Waals surface area contributed by atoms with E-state index in [1.54, 1.807) is 0 Å². The van der Waals surface area contributed by atoms with Gasteiger partial charge in [-0.2, -0.15) is 0 Å². The van der Waals surface area contributed by atoms with Gasteiger partial charge in [0.05, 0.1) is 6.67 Å². The van der Waals surface area contributed by atoms with Gasteiger partial charge < -0.3 is 9.80 Å². The van der Waals surface area contributed by atoms with Crippen LogP contribution in [0.1, 0.15) is 66.5 Å². The van der Waals surface area contributed by atoms with Crippen LogP contribution in [0.5, 0.6) is 0 Å². The van der Waals surface area contributed by atoms with Gasteiger partial charge in [0.2, 0.25) is 0 Å². The van der Waals surface area contributed by atoms with Crippen molar-refractivity contribution >= 4 is 5.69 Å². The van der Waals surface area contributed by atoms with E-state index < -0.39 is 0 Å². The molecule has 2 aromatic rings. The molecular weight excluding hydrogens is 364 g/mol. The first-order chi connectivity index (χ1) is 13.8. The Balaban J connectivity index is 1.67. The molecule has 2 aromatic carbocycles. The van der Waals surface area contributed by atoms with Crippen LogP contribution in [0.15, 0.2) is 53.9 Å². The summed E-state index contributed by atoms with van der Waals surface area (Å²) in [5, 5.41) is 0. The number of hydrogen-bond donors (Lipinski definition) is 0. The minimum absolute atomic E-state index is 0.0362. The van der Waals surface area contributed by atoms with Crippen LogP contribution in [0.2, 0.25) is 0 Å². The fraction of sp³-hybridized carbons (Fsp3) is 0.500. The van der Waals surface area contributed by atoms with Gasteiger partial charge in [-0.05, 0) is 39.8 Å². The highest BCUT2D eigenvalue weighted by Crippen LogP contribution is 2.67. The monoisotopic (exact) mass is 400 g/mol. The van der Waals surface area contributed by atoms with Gasteiger partial charge in [0.15, 0.2) is 0 Å². The number of rotatable bonds is 1. The lowest BCUT2D eigenvalue weighted by molar-refractivity contribution is 0.0433. The van der Waals surface area contributed by atoms with Gasteiger partial charge >= 0.3 is 0 Å². The molecule has 0 aromatic heterocycles. The topological polar surface area (TPSA) is 6.48 Å². The summed E-state index contributed by atoms with van der Waals surface area (Å²) >= 11 is 0. The van der Waals surface area contributed by atoms with Gasteiger partial charge in [-0.25, -0.2) is 0 Å². The van der Waals surface area contributed by atoms with Crippen LogP contribution < -0.4 is 4.90 Å². The highest BCUT2D eigenvalue weighted by molar-refractivity contribution is 5.83. The molecular formula is C28H36N2. The van der Waals surface area contributed by atoms with E-state index in [1.165, 1.54) is 39.3 Å². The zero-order valence-corrected chi connectivity index (χ0v) is 20.1. The maximum atomic E-state index is 2.59. The van der Waals surface area contributed by atoms with Crippen molar-refractivity contribution in [3.63, 3.8) is 0 Å². The zero-order chi connectivity index (χ0) is 21.9. The van der Waals surface area contributed by atoms with Gasteiger partial charge in [-0.1, -0.05) is 85.7 Å². The molecule has 1 aliphatic heterocycles. The number of benzene rings is 2. The molecule has 0 radical (unpaired) electrons. The second-order valence-electron chi connectivity index (χ2n) is 11.7. The van der Waals surface area contributed by atoms with Crippen molar-refractivity contribution in [1.82, 2.24) is 4.90 Å². The van der Waals surface area contributed by atoms with Crippen molar-refractivity contribution in [2.75, 3.05) is 18.6 Å². The van der Waals surface area contributed by atoms with Crippen molar-refractivity contribution in [3.05, 3.63) is 65.0 Å². The maximum Gasteiger partial charge on any atom is 0.0944 e. The highest BCUT2D eigenvalue weighted by Gasteiger charge is 2.62. The molecule has 0 atom stereocenters. The van der Waals surface area contributed by atoms with Crippen LogP contribution in [0.3, 0.4) is 0 Å². The second-order valence-corrected chi connectivity index (χ2v) is 11.7. The number of nitrogens with zero attached hydrogens (tertiary/aromatic N) is 2. The molecule has 0 unspecified atom stereocenters. The Bertz CT molecular complexity index is 1100. The first-order valence-corrected chi connectivity index (χ1v) is 11.3. The van der Waals surface area contributed by atoms with E-state index in [0.717, 1.165) is 6.67 Å². The smallest absolute Gasteiger partial charge is 0.0944 e. The fourth-order valence-corrected chi connectivity index (χ4v) is 6.51. The molecule has 0 fully saturated rings. The summed E-state index contributed by atoms with van der Waals surface area (Å²) in [5.74, 6) is 0. The fourth-order valence-electron chi connectivity index (χ4n) is 6.51. The average molecular weight is 401 g/mol. The molecule has 0 amide bonds. The second kappa shape index (κ2) is 5.52. The van der Waals surface area contributed by atoms with Crippen LogP contribution in [0, 0.1) is 16.2 Å².